The molecule has 90 valence electrons. The Labute approximate surface area is 110 Å². The number of nitrogens with two attached hydrogens (primary N) is 1. The summed E-state index contributed by atoms with van der Waals surface area (Å²) in [6.45, 7) is 3.98. The summed E-state index contributed by atoms with van der Waals surface area (Å²) in [7, 11) is 0. The third-order valence-electron chi connectivity index (χ3n) is 2.58. The van der Waals surface area contributed by atoms with Crippen LogP contribution in [-0.4, -0.2) is 4.98 Å². The summed E-state index contributed by atoms with van der Waals surface area (Å²) in [4.78, 5) is 5.57. The number of aromatic nitrogens is 1. The summed E-state index contributed by atoms with van der Waals surface area (Å²) >= 11 is 7.50. The van der Waals surface area contributed by atoms with Gasteiger partial charge in [-0.3, -0.25) is 4.98 Å². The minimum atomic E-state index is 0.00474. The minimum absolute atomic E-state index is 0.00474. The summed E-state index contributed by atoms with van der Waals surface area (Å²) in [5.74, 6) is 0. The molecule has 0 saturated carbocycles. The Bertz CT molecular complexity index is 502. The fraction of sp³-hybridized carbons (Fsp3) is 0.308. The molecule has 4 heteroatoms. The lowest BCUT2D eigenvalue weighted by Gasteiger charge is -2.12. The second-order valence-electron chi connectivity index (χ2n) is 4.20. The van der Waals surface area contributed by atoms with Crippen LogP contribution in [0.3, 0.4) is 0 Å². The van der Waals surface area contributed by atoms with E-state index >= 15 is 0 Å². The molecule has 2 nitrogen and oxygen atoms in total. The zero-order valence-corrected chi connectivity index (χ0v) is 11.5. The van der Waals surface area contributed by atoms with Gasteiger partial charge in [0.05, 0.1) is 4.34 Å². The lowest BCUT2D eigenvalue weighted by Crippen LogP contribution is -2.13. The van der Waals surface area contributed by atoms with Gasteiger partial charge in [0.15, 0.2) is 0 Å². The molecular weight excluding hydrogens is 252 g/mol. The van der Waals surface area contributed by atoms with Crippen LogP contribution in [0.15, 0.2) is 24.3 Å². The van der Waals surface area contributed by atoms with Crippen molar-refractivity contribution in [3.8, 4) is 0 Å². The van der Waals surface area contributed by atoms with Crippen LogP contribution in [0.25, 0.3) is 0 Å². The van der Waals surface area contributed by atoms with Crippen LogP contribution in [0.5, 0.6) is 0 Å². The summed E-state index contributed by atoms with van der Waals surface area (Å²) in [5, 5.41) is 0. The molecule has 0 amide bonds. The molecule has 0 fully saturated rings. The first-order valence-electron chi connectivity index (χ1n) is 5.49. The number of thiophene rings is 1. The van der Waals surface area contributed by atoms with Crippen molar-refractivity contribution in [2.45, 2.75) is 26.3 Å². The molecule has 2 rings (SSSR count). The van der Waals surface area contributed by atoms with Crippen LogP contribution >= 0.6 is 22.9 Å². The molecule has 1 atom stereocenters. The molecule has 0 aliphatic heterocycles. The zero-order valence-electron chi connectivity index (χ0n) is 9.90. The van der Waals surface area contributed by atoms with E-state index in [2.05, 4.69) is 4.98 Å². The van der Waals surface area contributed by atoms with Crippen molar-refractivity contribution in [2.75, 3.05) is 0 Å². The third kappa shape index (κ3) is 3.28. The Morgan fingerprint density at radius 2 is 1.94 bits per heavy atom. The van der Waals surface area contributed by atoms with Gasteiger partial charge in [-0.25, -0.2) is 0 Å². The molecule has 1 unspecified atom stereocenters. The van der Waals surface area contributed by atoms with E-state index in [1.807, 2.05) is 38.1 Å². The van der Waals surface area contributed by atoms with Gasteiger partial charge in [0, 0.05) is 28.7 Å². The van der Waals surface area contributed by atoms with Gasteiger partial charge in [0.2, 0.25) is 0 Å². The highest BCUT2D eigenvalue weighted by molar-refractivity contribution is 7.16. The number of hydrogen-bond acceptors (Lipinski definition) is 3. The Kier molecular flexibility index (Phi) is 3.82. The maximum absolute atomic E-state index is 6.21. The highest BCUT2D eigenvalue weighted by Gasteiger charge is 2.10. The maximum atomic E-state index is 6.21. The minimum Gasteiger partial charge on any atom is -0.324 e. The SMILES string of the molecule is Cc1cc(C(N)Cc2ccc(Cl)s2)cc(C)n1. The van der Waals surface area contributed by atoms with Gasteiger partial charge in [-0.05, 0) is 43.7 Å². The first-order chi connectivity index (χ1) is 8.04. The Balaban J connectivity index is 2.16. The van der Waals surface area contributed by atoms with Crippen LogP contribution < -0.4 is 5.73 Å². The molecule has 2 N–H and O–H groups in total. The number of rotatable bonds is 3. The van der Waals surface area contributed by atoms with E-state index in [4.69, 9.17) is 17.3 Å². The van der Waals surface area contributed by atoms with E-state index < -0.39 is 0 Å². The van der Waals surface area contributed by atoms with Gasteiger partial charge in [-0.1, -0.05) is 11.6 Å². The lowest BCUT2D eigenvalue weighted by atomic mass is 10.0. The number of hydrogen-bond donors (Lipinski definition) is 1. The first kappa shape index (κ1) is 12.6. The molecule has 0 aliphatic rings. The summed E-state index contributed by atoms with van der Waals surface area (Å²) in [6, 6.07) is 8.05. The van der Waals surface area contributed by atoms with E-state index in [0.29, 0.717) is 0 Å². The van der Waals surface area contributed by atoms with Crippen molar-refractivity contribution in [2.24, 2.45) is 5.73 Å². The van der Waals surface area contributed by atoms with Crippen LogP contribution in [0.2, 0.25) is 4.34 Å². The summed E-state index contributed by atoms with van der Waals surface area (Å²) < 4.78 is 0.814. The number of halogens is 1. The average molecular weight is 267 g/mol. The van der Waals surface area contributed by atoms with Crippen molar-refractivity contribution < 1.29 is 0 Å². The second-order valence-corrected chi connectivity index (χ2v) is 6.00. The number of pyridine rings is 1. The van der Waals surface area contributed by atoms with Crippen LogP contribution in [-0.2, 0) is 6.42 Å². The Hall–Kier alpha value is -0.900. The second kappa shape index (κ2) is 5.17. The van der Waals surface area contributed by atoms with Crippen LogP contribution in [0, 0.1) is 13.8 Å². The highest BCUT2D eigenvalue weighted by Crippen LogP contribution is 2.25. The fourth-order valence-electron chi connectivity index (χ4n) is 1.88. The Morgan fingerprint density at radius 1 is 1.29 bits per heavy atom. The zero-order chi connectivity index (χ0) is 12.4. The molecule has 0 saturated heterocycles. The molecule has 0 bridgehead atoms. The molecule has 2 aromatic rings. The quantitative estimate of drug-likeness (QED) is 0.921. The van der Waals surface area contributed by atoms with Crippen molar-refractivity contribution in [3.05, 3.63) is 50.4 Å². The van der Waals surface area contributed by atoms with Crippen LogP contribution in [0.1, 0.15) is 27.9 Å². The summed E-state index contributed by atoms with van der Waals surface area (Å²) in [5.41, 5.74) is 9.38. The van der Waals surface area contributed by atoms with Gasteiger partial charge in [-0.2, -0.15) is 0 Å². The smallest absolute Gasteiger partial charge is 0.0931 e. The molecule has 17 heavy (non-hydrogen) atoms. The topological polar surface area (TPSA) is 38.9 Å². The molecule has 0 aromatic carbocycles. The van der Waals surface area contributed by atoms with Gasteiger partial charge >= 0.3 is 0 Å². The maximum Gasteiger partial charge on any atom is 0.0931 e. The average Bonchev–Trinajstić information content (AvgIpc) is 2.62. The predicted octanol–water partition coefficient (Wildman–Crippen LogP) is 3.66. The normalized spacial score (nSPS) is 12.7. The van der Waals surface area contributed by atoms with E-state index in [1.54, 1.807) is 11.3 Å². The van der Waals surface area contributed by atoms with Gasteiger partial charge in [0.1, 0.15) is 0 Å². The van der Waals surface area contributed by atoms with E-state index in [0.717, 1.165) is 27.7 Å². The summed E-state index contributed by atoms with van der Waals surface area (Å²) in [6.07, 6.45) is 0.820. The van der Waals surface area contributed by atoms with Gasteiger partial charge in [-0.15, -0.1) is 11.3 Å². The van der Waals surface area contributed by atoms with Crippen molar-refractivity contribution in [1.82, 2.24) is 4.98 Å². The molecule has 0 spiro atoms. The monoisotopic (exact) mass is 266 g/mol. The molecule has 0 aliphatic carbocycles. The van der Waals surface area contributed by atoms with Gasteiger partial charge in [0.25, 0.3) is 0 Å². The van der Waals surface area contributed by atoms with E-state index in [-0.39, 0.29) is 6.04 Å². The Morgan fingerprint density at radius 3 is 2.47 bits per heavy atom. The third-order valence-corrected chi connectivity index (χ3v) is 3.84. The van der Waals surface area contributed by atoms with Crippen LogP contribution in [0.4, 0.5) is 0 Å². The fourth-order valence-corrected chi connectivity index (χ4v) is 3.02. The van der Waals surface area contributed by atoms with Gasteiger partial charge < -0.3 is 5.73 Å². The number of aryl methyl sites for hydroxylation is 2. The molecular formula is C13H15ClN2S. The largest absolute Gasteiger partial charge is 0.324 e. The van der Waals surface area contributed by atoms with Crippen molar-refractivity contribution in [1.29, 1.82) is 0 Å². The molecule has 2 aromatic heterocycles. The first-order valence-corrected chi connectivity index (χ1v) is 6.69. The van der Waals surface area contributed by atoms with E-state index in [1.165, 1.54) is 4.88 Å². The van der Waals surface area contributed by atoms with Crippen molar-refractivity contribution >= 4 is 22.9 Å². The molecule has 2 heterocycles. The highest BCUT2D eigenvalue weighted by atomic mass is 35.5. The van der Waals surface area contributed by atoms with E-state index in [9.17, 15) is 0 Å². The standard InChI is InChI=1S/C13H15ClN2S/c1-8-5-10(6-9(2)16-8)12(15)7-11-3-4-13(14)17-11/h3-6,12H,7,15H2,1-2H3. The predicted molar refractivity (Wildman–Crippen MR) is 73.7 cm³/mol. The number of nitrogens with zero attached hydrogens (tertiary/aromatic N) is 1. The lowest BCUT2D eigenvalue weighted by molar-refractivity contribution is 0.725. The van der Waals surface area contributed by atoms with Crippen molar-refractivity contribution in [3.63, 3.8) is 0 Å². The molecule has 0 radical (unpaired) electrons.